The molecule has 0 spiro atoms. The fourth-order valence-corrected chi connectivity index (χ4v) is 3.19. The van der Waals surface area contributed by atoms with Gasteiger partial charge in [-0.05, 0) is 31.6 Å². The Morgan fingerprint density at radius 1 is 1.10 bits per heavy atom. The largest absolute Gasteiger partial charge is 0.406 e. The molecule has 1 amide bonds. The van der Waals surface area contributed by atoms with E-state index in [0.29, 0.717) is 26.1 Å². The van der Waals surface area contributed by atoms with Gasteiger partial charge in [-0.15, -0.1) is 0 Å². The fraction of sp³-hybridized carbons (Fsp3) is 0.929. The van der Waals surface area contributed by atoms with E-state index in [1.807, 2.05) is 0 Å². The van der Waals surface area contributed by atoms with E-state index in [-0.39, 0.29) is 24.3 Å². The van der Waals surface area contributed by atoms with Gasteiger partial charge in [0.2, 0.25) is 5.91 Å². The molecule has 0 aromatic heterocycles. The van der Waals surface area contributed by atoms with Gasteiger partial charge in [0.1, 0.15) is 6.54 Å². The molecule has 2 fully saturated rings. The van der Waals surface area contributed by atoms with Crippen LogP contribution in [0.3, 0.4) is 0 Å². The van der Waals surface area contributed by atoms with Crippen molar-refractivity contribution in [2.24, 2.45) is 5.92 Å². The van der Waals surface area contributed by atoms with Gasteiger partial charge in [-0.3, -0.25) is 4.79 Å². The van der Waals surface area contributed by atoms with Gasteiger partial charge in [-0.25, -0.2) is 0 Å². The molecule has 0 aromatic rings. The quantitative estimate of drug-likeness (QED) is 0.797. The minimum absolute atomic E-state index is 0.271. The topological polar surface area (TPSA) is 29.5 Å². The highest BCUT2D eigenvalue weighted by Gasteiger charge is 2.37. The van der Waals surface area contributed by atoms with Crippen molar-refractivity contribution in [2.75, 3.05) is 19.8 Å². The maximum Gasteiger partial charge on any atom is 0.406 e. The molecule has 0 atom stereocenters. The number of carbonyl (C=O) groups is 1. The Bertz CT molecular complexity index is 321. The first-order valence-corrected chi connectivity index (χ1v) is 7.39. The lowest BCUT2D eigenvalue weighted by molar-refractivity contribution is -0.169. The van der Waals surface area contributed by atoms with E-state index in [2.05, 4.69) is 0 Å². The zero-order chi connectivity index (χ0) is 14.6. The Kier molecular flexibility index (Phi) is 5.29. The molecule has 0 bridgehead atoms. The van der Waals surface area contributed by atoms with E-state index in [0.717, 1.165) is 30.6 Å². The number of carbonyl (C=O) groups excluding carboxylic acids is 1. The van der Waals surface area contributed by atoms with E-state index in [1.165, 1.54) is 0 Å². The van der Waals surface area contributed by atoms with Gasteiger partial charge in [0, 0.05) is 25.7 Å². The van der Waals surface area contributed by atoms with Crippen molar-refractivity contribution in [3.63, 3.8) is 0 Å². The van der Waals surface area contributed by atoms with Gasteiger partial charge in [-0.1, -0.05) is 12.8 Å². The normalized spacial score (nSPS) is 22.1. The summed E-state index contributed by atoms with van der Waals surface area (Å²) in [5.74, 6) is -0.0563. The molecule has 0 N–H and O–H groups in total. The summed E-state index contributed by atoms with van der Waals surface area (Å²) in [5.41, 5.74) is 0. The van der Waals surface area contributed by atoms with Crippen LogP contribution in [-0.2, 0) is 9.53 Å². The third kappa shape index (κ3) is 4.65. The number of amides is 1. The molecule has 6 heteroatoms. The van der Waals surface area contributed by atoms with E-state index in [4.69, 9.17) is 4.74 Å². The van der Waals surface area contributed by atoms with Crippen LogP contribution in [0, 0.1) is 5.92 Å². The smallest absolute Gasteiger partial charge is 0.381 e. The average molecular weight is 293 g/mol. The summed E-state index contributed by atoms with van der Waals surface area (Å²) < 4.78 is 43.3. The molecule has 1 aliphatic carbocycles. The number of ether oxygens (including phenoxy) is 1. The first-order valence-electron chi connectivity index (χ1n) is 7.39. The zero-order valence-corrected chi connectivity index (χ0v) is 11.6. The van der Waals surface area contributed by atoms with E-state index in [1.54, 1.807) is 0 Å². The van der Waals surface area contributed by atoms with E-state index >= 15 is 0 Å². The average Bonchev–Trinajstić information content (AvgIpc) is 2.89. The predicted molar refractivity (Wildman–Crippen MR) is 68.2 cm³/mol. The van der Waals surface area contributed by atoms with Crippen LogP contribution in [0.25, 0.3) is 0 Å². The molecule has 1 saturated carbocycles. The highest BCUT2D eigenvalue weighted by Crippen LogP contribution is 2.30. The Hall–Kier alpha value is -0.780. The second kappa shape index (κ2) is 6.78. The van der Waals surface area contributed by atoms with Crippen LogP contribution in [0.4, 0.5) is 13.2 Å². The Labute approximate surface area is 117 Å². The van der Waals surface area contributed by atoms with Crippen molar-refractivity contribution >= 4 is 5.91 Å². The molecule has 1 aliphatic heterocycles. The van der Waals surface area contributed by atoms with Crippen LogP contribution in [0.2, 0.25) is 0 Å². The summed E-state index contributed by atoms with van der Waals surface area (Å²) >= 11 is 0. The third-order valence-corrected chi connectivity index (χ3v) is 4.24. The number of rotatable bonds is 4. The molecule has 1 saturated heterocycles. The molecule has 20 heavy (non-hydrogen) atoms. The molecule has 2 rings (SSSR count). The van der Waals surface area contributed by atoms with Crippen molar-refractivity contribution in [3.8, 4) is 0 Å². The van der Waals surface area contributed by atoms with Crippen LogP contribution in [0.5, 0.6) is 0 Å². The molecule has 0 radical (unpaired) electrons. The summed E-state index contributed by atoms with van der Waals surface area (Å²) in [6, 6.07) is -0.320. The molecule has 0 aromatic carbocycles. The Morgan fingerprint density at radius 2 is 1.70 bits per heavy atom. The second-order valence-corrected chi connectivity index (χ2v) is 5.83. The second-order valence-electron chi connectivity index (χ2n) is 5.83. The molecular weight excluding hydrogens is 271 g/mol. The van der Waals surface area contributed by atoms with Gasteiger partial charge in [0.15, 0.2) is 0 Å². The lowest BCUT2D eigenvalue weighted by atomic mass is 10.0. The van der Waals surface area contributed by atoms with Gasteiger partial charge < -0.3 is 9.64 Å². The fourth-order valence-electron chi connectivity index (χ4n) is 3.19. The SMILES string of the molecule is O=C(CC1CCCC1)N(CC(F)(F)F)C1CCOCC1. The summed E-state index contributed by atoms with van der Waals surface area (Å²) in [7, 11) is 0. The number of alkyl halides is 3. The number of halogens is 3. The number of nitrogens with zero attached hydrogens (tertiary/aromatic N) is 1. The van der Waals surface area contributed by atoms with Crippen molar-refractivity contribution in [1.29, 1.82) is 0 Å². The van der Waals surface area contributed by atoms with Crippen molar-refractivity contribution in [1.82, 2.24) is 4.90 Å². The Balaban J connectivity index is 1.97. The molecule has 3 nitrogen and oxygen atoms in total. The standard InChI is InChI=1S/C14H22F3NO2/c15-14(16,17)10-18(12-5-7-20-8-6-12)13(19)9-11-3-1-2-4-11/h11-12H,1-10H2. The van der Waals surface area contributed by atoms with Crippen molar-refractivity contribution in [2.45, 2.75) is 57.2 Å². The maximum absolute atomic E-state index is 12.7. The Morgan fingerprint density at radius 3 is 2.25 bits per heavy atom. The first-order chi connectivity index (χ1) is 9.46. The summed E-state index contributed by atoms with van der Waals surface area (Å²) in [4.78, 5) is 13.3. The molecule has 1 heterocycles. The number of hydrogen-bond donors (Lipinski definition) is 0. The van der Waals surface area contributed by atoms with Gasteiger partial charge in [0.05, 0.1) is 0 Å². The number of hydrogen-bond acceptors (Lipinski definition) is 2. The van der Waals surface area contributed by atoms with Crippen LogP contribution in [-0.4, -0.2) is 42.8 Å². The van der Waals surface area contributed by atoms with Crippen molar-refractivity contribution in [3.05, 3.63) is 0 Å². The lowest BCUT2D eigenvalue weighted by Crippen LogP contribution is -2.48. The summed E-state index contributed by atoms with van der Waals surface area (Å²) in [6.07, 6.45) is 1.08. The highest BCUT2D eigenvalue weighted by atomic mass is 19.4. The van der Waals surface area contributed by atoms with E-state index in [9.17, 15) is 18.0 Å². The van der Waals surface area contributed by atoms with Gasteiger partial charge >= 0.3 is 6.18 Å². The molecule has 0 unspecified atom stereocenters. The maximum atomic E-state index is 12.7. The van der Waals surface area contributed by atoms with Crippen LogP contribution >= 0.6 is 0 Å². The predicted octanol–water partition coefficient (Wildman–Crippen LogP) is 3.14. The third-order valence-electron chi connectivity index (χ3n) is 4.24. The summed E-state index contributed by atoms with van der Waals surface area (Å²) in [5, 5.41) is 0. The van der Waals surface area contributed by atoms with Crippen LogP contribution in [0.1, 0.15) is 44.9 Å². The summed E-state index contributed by atoms with van der Waals surface area (Å²) in [6.45, 7) is -0.241. The highest BCUT2D eigenvalue weighted by molar-refractivity contribution is 5.77. The lowest BCUT2D eigenvalue weighted by Gasteiger charge is -2.35. The molecule has 2 aliphatic rings. The van der Waals surface area contributed by atoms with E-state index < -0.39 is 12.7 Å². The minimum atomic E-state index is -4.33. The first kappa shape index (κ1) is 15.6. The van der Waals surface area contributed by atoms with Gasteiger partial charge in [-0.2, -0.15) is 13.2 Å². The minimum Gasteiger partial charge on any atom is -0.381 e. The zero-order valence-electron chi connectivity index (χ0n) is 11.6. The molecular formula is C14H22F3NO2. The van der Waals surface area contributed by atoms with Gasteiger partial charge in [0.25, 0.3) is 0 Å². The molecule has 116 valence electrons. The van der Waals surface area contributed by atoms with Crippen molar-refractivity contribution < 1.29 is 22.7 Å². The van der Waals surface area contributed by atoms with Crippen LogP contribution in [0.15, 0.2) is 0 Å². The van der Waals surface area contributed by atoms with Crippen LogP contribution < -0.4 is 0 Å². The monoisotopic (exact) mass is 293 g/mol.